The third-order valence-corrected chi connectivity index (χ3v) is 2.84. The lowest BCUT2D eigenvalue weighted by Gasteiger charge is -2.33. The first-order valence-corrected chi connectivity index (χ1v) is 6.27. The van der Waals surface area contributed by atoms with E-state index >= 15 is 0 Å². The van der Waals surface area contributed by atoms with Crippen molar-refractivity contribution < 1.29 is 9.53 Å². The van der Waals surface area contributed by atoms with Crippen LogP contribution in [0.15, 0.2) is 0 Å². The Morgan fingerprint density at radius 1 is 1.53 bits per heavy atom. The highest BCUT2D eigenvalue weighted by Gasteiger charge is 2.27. The number of carbonyl (C=O) groups excluding carboxylic acids is 1. The molecule has 1 heterocycles. The van der Waals surface area contributed by atoms with E-state index in [1.807, 2.05) is 20.8 Å². The van der Waals surface area contributed by atoms with Crippen LogP contribution in [0.4, 0.5) is 4.79 Å². The first-order valence-electron chi connectivity index (χ1n) is 6.27. The van der Waals surface area contributed by atoms with Gasteiger partial charge in [0.25, 0.3) is 0 Å². The van der Waals surface area contributed by atoms with Crippen LogP contribution in [0.3, 0.4) is 0 Å². The normalized spacial score (nSPS) is 20.8. The Balaban J connectivity index is 2.43. The molecule has 1 amide bonds. The monoisotopic (exact) mass is 238 g/mol. The molecule has 1 rings (SSSR count). The predicted molar refractivity (Wildman–Crippen MR) is 65.4 cm³/mol. The molecule has 0 radical (unpaired) electrons. The molecule has 0 aliphatic carbocycles. The van der Waals surface area contributed by atoms with Crippen LogP contribution in [-0.4, -0.2) is 29.7 Å². The van der Waals surface area contributed by atoms with Crippen molar-refractivity contribution in [2.75, 3.05) is 13.1 Å². The highest BCUT2D eigenvalue weighted by Crippen LogP contribution is 2.22. The number of nitrogens with zero attached hydrogens (tertiary/aromatic N) is 2. The molecule has 17 heavy (non-hydrogen) atoms. The van der Waals surface area contributed by atoms with Gasteiger partial charge in [-0.05, 0) is 46.0 Å². The molecule has 0 aromatic heterocycles. The van der Waals surface area contributed by atoms with Gasteiger partial charge in [0.15, 0.2) is 0 Å². The van der Waals surface area contributed by atoms with Crippen molar-refractivity contribution >= 4 is 6.09 Å². The Labute approximate surface area is 104 Å². The van der Waals surface area contributed by atoms with Crippen LogP contribution in [0, 0.1) is 17.2 Å². The van der Waals surface area contributed by atoms with Crippen LogP contribution in [0.25, 0.3) is 0 Å². The summed E-state index contributed by atoms with van der Waals surface area (Å²) in [6, 6.07) is 2.16. The minimum Gasteiger partial charge on any atom is -0.444 e. The third kappa shape index (κ3) is 5.08. The second-order valence-electron chi connectivity index (χ2n) is 5.63. The zero-order valence-electron chi connectivity index (χ0n) is 11.0. The lowest BCUT2D eigenvalue weighted by molar-refractivity contribution is 0.0162. The van der Waals surface area contributed by atoms with Gasteiger partial charge in [-0.3, -0.25) is 0 Å². The van der Waals surface area contributed by atoms with Crippen LogP contribution in [0.1, 0.15) is 46.5 Å². The Morgan fingerprint density at radius 2 is 2.24 bits per heavy atom. The first kappa shape index (κ1) is 13.8. The molecular formula is C13H22N2O2. The summed E-state index contributed by atoms with van der Waals surface area (Å²) in [5, 5.41) is 8.57. The number of hydrogen-bond donors (Lipinski definition) is 0. The number of nitriles is 1. The van der Waals surface area contributed by atoms with Crippen molar-refractivity contribution in [2.45, 2.75) is 52.1 Å². The van der Waals surface area contributed by atoms with E-state index in [9.17, 15) is 4.79 Å². The summed E-state index contributed by atoms with van der Waals surface area (Å²) in [6.07, 6.45) is 3.36. The number of carbonyl (C=O) groups is 1. The molecule has 1 atom stereocenters. The smallest absolute Gasteiger partial charge is 0.410 e. The minimum atomic E-state index is -0.434. The fourth-order valence-corrected chi connectivity index (χ4v) is 2.06. The van der Waals surface area contributed by atoms with Crippen LogP contribution >= 0.6 is 0 Å². The standard InChI is InChI=1S/C13H22N2O2/c1-13(2,3)17-12(16)15-9-5-7-11(10-15)6-4-8-14/h11H,4-7,9-10H2,1-3H3. The summed E-state index contributed by atoms with van der Waals surface area (Å²) < 4.78 is 5.35. The van der Waals surface area contributed by atoms with Crippen LogP contribution in [-0.2, 0) is 4.74 Å². The van der Waals surface area contributed by atoms with Crippen molar-refractivity contribution in [1.82, 2.24) is 4.90 Å². The molecule has 0 aromatic rings. The van der Waals surface area contributed by atoms with Crippen molar-refractivity contribution in [2.24, 2.45) is 5.92 Å². The maximum absolute atomic E-state index is 11.9. The molecule has 0 N–H and O–H groups in total. The molecule has 96 valence electrons. The maximum Gasteiger partial charge on any atom is 0.410 e. The van der Waals surface area contributed by atoms with E-state index in [2.05, 4.69) is 6.07 Å². The molecule has 4 heteroatoms. The minimum absolute atomic E-state index is 0.223. The van der Waals surface area contributed by atoms with Gasteiger partial charge in [-0.2, -0.15) is 5.26 Å². The fraction of sp³-hybridized carbons (Fsp3) is 0.846. The molecule has 0 saturated carbocycles. The molecule has 1 fully saturated rings. The van der Waals surface area contributed by atoms with Gasteiger partial charge in [-0.25, -0.2) is 4.79 Å². The molecule has 1 aliphatic rings. The van der Waals surface area contributed by atoms with E-state index in [4.69, 9.17) is 10.00 Å². The van der Waals surface area contributed by atoms with Crippen molar-refractivity contribution in [3.05, 3.63) is 0 Å². The van der Waals surface area contributed by atoms with Crippen LogP contribution < -0.4 is 0 Å². The number of piperidine rings is 1. The molecule has 4 nitrogen and oxygen atoms in total. The third-order valence-electron chi connectivity index (χ3n) is 2.84. The fourth-order valence-electron chi connectivity index (χ4n) is 2.06. The maximum atomic E-state index is 11.9. The van der Waals surface area contributed by atoms with Gasteiger partial charge in [0.2, 0.25) is 0 Å². The van der Waals surface area contributed by atoms with Crippen molar-refractivity contribution in [1.29, 1.82) is 5.26 Å². The van der Waals surface area contributed by atoms with E-state index in [0.717, 1.165) is 32.4 Å². The molecule has 0 bridgehead atoms. The number of amides is 1. The Morgan fingerprint density at radius 3 is 2.82 bits per heavy atom. The van der Waals surface area contributed by atoms with Gasteiger partial charge in [-0.15, -0.1) is 0 Å². The first-order chi connectivity index (χ1) is 7.92. The van der Waals surface area contributed by atoms with Crippen molar-refractivity contribution in [3.8, 4) is 6.07 Å². The summed E-state index contributed by atoms with van der Waals surface area (Å²) in [4.78, 5) is 13.6. The molecule has 0 spiro atoms. The molecular weight excluding hydrogens is 216 g/mol. The number of hydrogen-bond acceptors (Lipinski definition) is 3. The van der Waals surface area contributed by atoms with Crippen LogP contribution in [0.2, 0.25) is 0 Å². The molecule has 1 saturated heterocycles. The Bertz CT molecular complexity index is 302. The van der Waals surface area contributed by atoms with Crippen LogP contribution in [0.5, 0.6) is 0 Å². The number of likely N-dealkylation sites (tertiary alicyclic amines) is 1. The second-order valence-corrected chi connectivity index (χ2v) is 5.63. The Hall–Kier alpha value is -1.24. The average Bonchev–Trinajstić information content (AvgIpc) is 2.24. The van der Waals surface area contributed by atoms with Gasteiger partial charge >= 0.3 is 6.09 Å². The average molecular weight is 238 g/mol. The van der Waals surface area contributed by atoms with Gasteiger partial charge in [0.1, 0.15) is 5.60 Å². The second kappa shape index (κ2) is 5.90. The van der Waals surface area contributed by atoms with E-state index in [1.54, 1.807) is 4.90 Å². The summed E-state index contributed by atoms with van der Waals surface area (Å²) in [7, 11) is 0. The SMILES string of the molecule is CC(C)(C)OC(=O)N1CCCC(CCC#N)C1. The van der Waals surface area contributed by atoms with Gasteiger partial charge in [0.05, 0.1) is 6.07 Å². The number of rotatable bonds is 2. The van der Waals surface area contributed by atoms with Crippen molar-refractivity contribution in [3.63, 3.8) is 0 Å². The quantitative estimate of drug-likeness (QED) is 0.743. The van der Waals surface area contributed by atoms with E-state index in [0.29, 0.717) is 12.3 Å². The van der Waals surface area contributed by atoms with Gasteiger partial charge in [-0.1, -0.05) is 0 Å². The molecule has 1 aliphatic heterocycles. The lowest BCUT2D eigenvalue weighted by Crippen LogP contribution is -2.42. The zero-order chi connectivity index (χ0) is 12.9. The van der Waals surface area contributed by atoms with Gasteiger partial charge < -0.3 is 9.64 Å². The van der Waals surface area contributed by atoms with E-state index in [-0.39, 0.29) is 6.09 Å². The van der Waals surface area contributed by atoms with Gasteiger partial charge in [0, 0.05) is 19.5 Å². The topological polar surface area (TPSA) is 53.3 Å². The highest BCUT2D eigenvalue weighted by atomic mass is 16.6. The molecule has 0 aromatic carbocycles. The summed E-state index contributed by atoms with van der Waals surface area (Å²) >= 11 is 0. The Kier molecular flexibility index (Phi) is 4.80. The number of ether oxygens (including phenoxy) is 1. The predicted octanol–water partition coefficient (Wildman–Crippen LogP) is 2.94. The zero-order valence-corrected chi connectivity index (χ0v) is 11.0. The summed E-state index contributed by atoms with van der Waals surface area (Å²) in [5.74, 6) is 0.455. The highest BCUT2D eigenvalue weighted by molar-refractivity contribution is 5.68. The summed E-state index contributed by atoms with van der Waals surface area (Å²) in [5.41, 5.74) is -0.434. The molecule has 1 unspecified atom stereocenters. The lowest BCUT2D eigenvalue weighted by atomic mass is 9.94. The largest absolute Gasteiger partial charge is 0.444 e. The van der Waals surface area contributed by atoms with E-state index < -0.39 is 5.60 Å². The summed E-state index contributed by atoms with van der Waals surface area (Å²) in [6.45, 7) is 7.14. The van der Waals surface area contributed by atoms with E-state index in [1.165, 1.54) is 0 Å².